The van der Waals surface area contributed by atoms with Crippen molar-refractivity contribution in [3.05, 3.63) is 95.1 Å². The van der Waals surface area contributed by atoms with E-state index in [0.717, 1.165) is 16.7 Å². The zero-order valence-electron chi connectivity index (χ0n) is 16.7. The summed E-state index contributed by atoms with van der Waals surface area (Å²) in [6, 6.07) is 21.0. The fraction of sp³-hybridized carbons (Fsp3) is 0.174. The van der Waals surface area contributed by atoms with Crippen LogP contribution in [-0.4, -0.2) is 26.3 Å². The van der Waals surface area contributed by atoms with Crippen LogP contribution < -0.4 is 4.72 Å². The van der Waals surface area contributed by atoms with Crippen LogP contribution in [0.4, 0.5) is 5.69 Å². The predicted octanol–water partition coefficient (Wildman–Crippen LogP) is 4.38. The lowest BCUT2D eigenvalue weighted by atomic mass is 10.1. The Balaban J connectivity index is 1.72. The van der Waals surface area contributed by atoms with Crippen molar-refractivity contribution in [2.24, 2.45) is 0 Å². The smallest absolute Gasteiger partial charge is 0.261 e. The molecule has 0 atom stereocenters. The molecule has 0 heterocycles. The molecule has 0 fully saturated rings. The first-order chi connectivity index (χ1) is 13.8. The largest absolute Gasteiger partial charge is 0.337 e. The SMILES string of the molecule is Cc1ccc(NS(=O)(=O)c2ccc(C(=O)N(C)Cc3ccccc3C)cc2)cc1. The second kappa shape index (κ2) is 8.49. The summed E-state index contributed by atoms with van der Waals surface area (Å²) in [6.07, 6.45) is 0. The quantitative estimate of drug-likeness (QED) is 0.658. The van der Waals surface area contributed by atoms with Gasteiger partial charge >= 0.3 is 0 Å². The van der Waals surface area contributed by atoms with Gasteiger partial charge in [0, 0.05) is 24.8 Å². The van der Waals surface area contributed by atoms with Crippen LogP contribution in [0, 0.1) is 13.8 Å². The van der Waals surface area contributed by atoms with Gasteiger partial charge in [-0.25, -0.2) is 8.42 Å². The van der Waals surface area contributed by atoms with E-state index < -0.39 is 10.0 Å². The van der Waals surface area contributed by atoms with Gasteiger partial charge in [-0.2, -0.15) is 0 Å². The monoisotopic (exact) mass is 408 g/mol. The van der Waals surface area contributed by atoms with E-state index in [4.69, 9.17) is 0 Å². The molecule has 0 spiro atoms. The highest BCUT2D eigenvalue weighted by Gasteiger charge is 2.17. The van der Waals surface area contributed by atoms with Crippen LogP contribution in [0.5, 0.6) is 0 Å². The minimum absolute atomic E-state index is 0.108. The molecule has 29 heavy (non-hydrogen) atoms. The third kappa shape index (κ3) is 5.03. The van der Waals surface area contributed by atoms with Crippen molar-refractivity contribution in [3.8, 4) is 0 Å². The predicted molar refractivity (Wildman–Crippen MR) is 115 cm³/mol. The molecule has 1 amide bonds. The van der Waals surface area contributed by atoms with Crippen LogP contribution in [0.2, 0.25) is 0 Å². The normalized spacial score (nSPS) is 11.1. The van der Waals surface area contributed by atoms with Crippen molar-refractivity contribution in [2.45, 2.75) is 25.3 Å². The number of nitrogens with zero attached hydrogens (tertiary/aromatic N) is 1. The molecule has 1 N–H and O–H groups in total. The van der Waals surface area contributed by atoms with Crippen LogP contribution >= 0.6 is 0 Å². The first-order valence-corrected chi connectivity index (χ1v) is 10.7. The van der Waals surface area contributed by atoms with Crippen molar-refractivity contribution in [1.82, 2.24) is 4.90 Å². The van der Waals surface area contributed by atoms with Crippen molar-refractivity contribution < 1.29 is 13.2 Å². The summed E-state index contributed by atoms with van der Waals surface area (Å²) in [6.45, 7) is 4.43. The third-order valence-electron chi connectivity index (χ3n) is 4.73. The molecular weight excluding hydrogens is 384 g/mol. The third-order valence-corrected chi connectivity index (χ3v) is 6.13. The summed E-state index contributed by atoms with van der Waals surface area (Å²) in [7, 11) is -1.98. The van der Waals surface area contributed by atoms with Crippen LogP contribution in [0.3, 0.4) is 0 Å². The maximum absolute atomic E-state index is 12.7. The minimum Gasteiger partial charge on any atom is -0.337 e. The first-order valence-electron chi connectivity index (χ1n) is 9.26. The second-order valence-electron chi connectivity index (χ2n) is 7.08. The lowest BCUT2D eigenvalue weighted by Crippen LogP contribution is -2.26. The van der Waals surface area contributed by atoms with E-state index in [2.05, 4.69) is 4.72 Å². The first kappa shape index (κ1) is 20.6. The molecule has 0 aromatic heterocycles. The van der Waals surface area contributed by atoms with Crippen molar-refractivity contribution in [3.63, 3.8) is 0 Å². The Morgan fingerprint density at radius 3 is 2.14 bits per heavy atom. The van der Waals surface area contributed by atoms with Gasteiger partial charge in [-0.1, -0.05) is 42.0 Å². The Bertz CT molecular complexity index is 1110. The van der Waals surface area contributed by atoms with Gasteiger partial charge in [-0.15, -0.1) is 0 Å². The Kier molecular flexibility index (Phi) is 6.03. The highest BCUT2D eigenvalue weighted by atomic mass is 32.2. The standard InChI is InChI=1S/C23H24N2O3S/c1-17-8-12-21(13-9-17)24-29(27,28)22-14-10-19(11-15-22)23(26)25(3)16-20-7-5-4-6-18(20)2/h4-15,24H,16H2,1-3H3. The summed E-state index contributed by atoms with van der Waals surface area (Å²) in [4.78, 5) is 14.4. The molecule has 5 nitrogen and oxygen atoms in total. The van der Waals surface area contributed by atoms with Gasteiger partial charge in [-0.05, 0) is 61.4 Å². The molecule has 0 aliphatic carbocycles. The Hall–Kier alpha value is -3.12. The number of sulfonamides is 1. The van der Waals surface area contributed by atoms with Crippen molar-refractivity contribution in [2.75, 3.05) is 11.8 Å². The zero-order chi connectivity index (χ0) is 21.0. The number of rotatable bonds is 6. The van der Waals surface area contributed by atoms with E-state index in [-0.39, 0.29) is 10.8 Å². The van der Waals surface area contributed by atoms with Gasteiger partial charge in [0.25, 0.3) is 15.9 Å². The second-order valence-corrected chi connectivity index (χ2v) is 8.77. The molecule has 0 unspecified atom stereocenters. The molecule has 6 heteroatoms. The molecule has 0 aliphatic rings. The van der Waals surface area contributed by atoms with Crippen LogP contribution in [-0.2, 0) is 16.6 Å². The fourth-order valence-corrected chi connectivity index (χ4v) is 4.01. The van der Waals surface area contributed by atoms with E-state index in [0.29, 0.717) is 17.8 Å². The van der Waals surface area contributed by atoms with Crippen LogP contribution in [0.1, 0.15) is 27.0 Å². The average molecular weight is 409 g/mol. The molecule has 0 aliphatic heterocycles. The van der Waals surface area contributed by atoms with E-state index in [1.54, 1.807) is 36.2 Å². The molecule has 3 rings (SSSR count). The molecule has 0 saturated heterocycles. The molecule has 150 valence electrons. The fourth-order valence-electron chi connectivity index (χ4n) is 2.95. The van der Waals surface area contributed by atoms with E-state index >= 15 is 0 Å². The molecule has 0 radical (unpaired) electrons. The number of amides is 1. The van der Waals surface area contributed by atoms with Crippen LogP contribution in [0.15, 0.2) is 77.7 Å². The number of carbonyl (C=O) groups is 1. The van der Waals surface area contributed by atoms with Gasteiger partial charge in [0.15, 0.2) is 0 Å². The van der Waals surface area contributed by atoms with Gasteiger partial charge < -0.3 is 4.90 Å². The van der Waals surface area contributed by atoms with E-state index in [1.165, 1.54) is 12.1 Å². The topological polar surface area (TPSA) is 66.5 Å². The molecule has 3 aromatic rings. The van der Waals surface area contributed by atoms with Crippen molar-refractivity contribution in [1.29, 1.82) is 0 Å². The summed E-state index contributed by atoms with van der Waals surface area (Å²) in [5, 5.41) is 0. The number of aryl methyl sites for hydroxylation is 2. The van der Waals surface area contributed by atoms with Gasteiger partial charge in [0.2, 0.25) is 0 Å². The highest BCUT2D eigenvalue weighted by Crippen LogP contribution is 2.18. The summed E-state index contributed by atoms with van der Waals surface area (Å²) in [5.74, 6) is -0.163. The van der Waals surface area contributed by atoms with Crippen molar-refractivity contribution >= 4 is 21.6 Å². The van der Waals surface area contributed by atoms with Gasteiger partial charge in [-0.3, -0.25) is 9.52 Å². The highest BCUT2D eigenvalue weighted by molar-refractivity contribution is 7.92. The lowest BCUT2D eigenvalue weighted by Gasteiger charge is -2.19. The number of hydrogen-bond acceptors (Lipinski definition) is 3. The van der Waals surface area contributed by atoms with Gasteiger partial charge in [0.05, 0.1) is 4.90 Å². The minimum atomic E-state index is -3.72. The Labute approximate surface area is 172 Å². The molecular formula is C23H24N2O3S. The molecule has 0 bridgehead atoms. The number of nitrogens with one attached hydrogen (secondary N) is 1. The zero-order valence-corrected chi connectivity index (χ0v) is 17.5. The van der Waals surface area contributed by atoms with Gasteiger partial charge in [0.1, 0.15) is 0 Å². The van der Waals surface area contributed by atoms with Crippen LogP contribution in [0.25, 0.3) is 0 Å². The number of benzene rings is 3. The Morgan fingerprint density at radius 1 is 0.897 bits per heavy atom. The maximum atomic E-state index is 12.7. The summed E-state index contributed by atoms with van der Waals surface area (Å²) >= 11 is 0. The number of hydrogen-bond donors (Lipinski definition) is 1. The summed E-state index contributed by atoms with van der Waals surface area (Å²) in [5.41, 5.74) is 4.18. The Morgan fingerprint density at radius 2 is 1.52 bits per heavy atom. The molecule has 0 saturated carbocycles. The maximum Gasteiger partial charge on any atom is 0.261 e. The number of anilines is 1. The molecule has 3 aromatic carbocycles. The number of carbonyl (C=O) groups excluding carboxylic acids is 1. The van der Waals surface area contributed by atoms with E-state index in [1.807, 2.05) is 50.2 Å². The van der Waals surface area contributed by atoms with E-state index in [9.17, 15) is 13.2 Å². The average Bonchev–Trinajstić information content (AvgIpc) is 2.71. The summed E-state index contributed by atoms with van der Waals surface area (Å²) < 4.78 is 27.7. The lowest BCUT2D eigenvalue weighted by molar-refractivity contribution is 0.0785.